The van der Waals surface area contributed by atoms with E-state index >= 15 is 0 Å². The molecule has 2 nitrogen and oxygen atoms in total. The van der Waals surface area contributed by atoms with Crippen molar-refractivity contribution in [2.45, 2.75) is 38.3 Å². The van der Waals surface area contributed by atoms with Gasteiger partial charge in [-0.2, -0.15) is 0 Å². The number of piperidine rings is 1. The van der Waals surface area contributed by atoms with Crippen molar-refractivity contribution in [3.8, 4) is 0 Å². The molecule has 2 atom stereocenters. The standard InChI is InChI=1S/C8H17NO/c1-7-4-3-5-8(9-7)6-10-2/h7-9H,3-6H2,1-2H3. The molecule has 0 aliphatic carbocycles. The van der Waals surface area contributed by atoms with Gasteiger partial charge >= 0.3 is 0 Å². The smallest absolute Gasteiger partial charge is 0.0615 e. The van der Waals surface area contributed by atoms with Crippen LogP contribution in [0.2, 0.25) is 0 Å². The first kappa shape index (κ1) is 8.02. The number of hydrogen-bond acceptors (Lipinski definition) is 2. The molecule has 1 N–H and O–H groups in total. The molecule has 0 saturated carbocycles. The van der Waals surface area contributed by atoms with E-state index in [4.69, 9.17) is 4.74 Å². The highest BCUT2D eigenvalue weighted by molar-refractivity contribution is 4.76. The number of hydrogen-bond donors (Lipinski definition) is 1. The van der Waals surface area contributed by atoms with Crippen molar-refractivity contribution in [1.82, 2.24) is 5.32 Å². The zero-order valence-electron chi connectivity index (χ0n) is 6.89. The van der Waals surface area contributed by atoms with Crippen LogP contribution in [0.5, 0.6) is 0 Å². The molecule has 0 bridgehead atoms. The van der Waals surface area contributed by atoms with Crippen molar-refractivity contribution in [3.05, 3.63) is 0 Å². The van der Waals surface area contributed by atoms with Crippen LogP contribution < -0.4 is 5.32 Å². The quantitative estimate of drug-likeness (QED) is 0.626. The van der Waals surface area contributed by atoms with E-state index in [-0.39, 0.29) is 0 Å². The Morgan fingerprint density at radius 1 is 1.50 bits per heavy atom. The molecule has 1 saturated heterocycles. The summed E-state index contributed by atoms with van der Waals surface area (Å²) in [5.41, 5.74) is 0. The molecular formula is C8H17NO. The Balaban J connectivity index is 2.18. The summed E-state index contributed by atoms with van der Waals surface area (Å²) in [6.45, 7) is 3.10. The van der Waals surface area contributed by atoms with Gasteiger partial charge in [0, 0.05) is 19.2 Å². The third-order valence-corrected chi connectivity index (χ3v) is 2.08. The van der Waals surface area contributed by atoms with Crippen molar-refractivity contribution in [1.29, 1.82) is 0 Å². The normalized spacial score (nSPS) is 34.2. The van der Waals surface area contributed by atoms with Crippen LogP contribution in [0.25, 0.3) is 0 Å². The van der Waals surface area contributed by atoms with Gasteiger partial charge in [0.15, 0.2) is 0 Å². The lowest BCUT2D eigenvalue weighted by molar-refractivity contribution is 0.144. The maximum atomic E-state index is 5.07. The van der Waals surface area contributed by atoms with Crippen molar-refractivity contribution in [2.24, 2.45) is 0 Å². The Labute approximate surface area is 63.0 Å². The van der Waals surface area contributed by atoms with Crippen LogP contribution in [0.3, 0.4) is 0 Å². The van der Waals surface area contributed by atoms with Gasteiger partial charge in [-0.05, 0) is 19.8 Å². The molecule has 1 aliphatic rings. The molecule has 0 spiro atoms. The minimum atomic E-state index is 0.605. The maximum Gasteiger partial charge on any atom is 0.0615 e. The van der Waals surface area contributed by atoms with E-state index in [0.29, 0.717) is 12.1 Å². The molecule has 1 rings (SSSR count). The molecule has 1 aliphatic heterocycles. The van der Waals surface area contributed by atoms with Crippen LogP contribution >= 0.6 is 0 Å². The molecular weight excluding hydrogens is 126 g/mol. The Kier molecular flexibility index (Phi) is 3.16. The Morgan fingerprint density at radius 3 is 2.90 bits per heavy atom. The van der Waals surface area contributed by atoms with Gasteiger partial charge in [-0.1, -0.05) is 6.42 Å². The summed E-state index contributed by atoms with van der Waals surface area (Å²) in [6, 6.07) is 1.29. The van der Waals surface area contributed by atoms with Crippen molar-refractivity contribution in [2.75, 3.05) is 13.7 Å². The van der Waals surface area contributed by atoms with E-state index in [9.17, 15) is 0 Å². The third-order valence-electron chi connectivity index (χ3n) is 2.08. The van der Waals surface area contributed by atoms with Gasteiger partial charge in [0.2, 0.25) is 0 Å². The highest BCUT2D eigenvalue weighted by atomic mass is 16.5. The fraction of sp³-hybridized carbons (Fsp3) is 1.00. The SMILES string of the molecule is COCC1CCCC(C)N1. The molecule has 0 aromatic carbocycles. The van der Waals surface area contributed by atoms with Gasteiger partial charge in [0.1, 0.15) is 0 Å². The summed E-state index contributed by atoms with van der Waals surface area (Å²) in [5.74, 6) is 0. The number of methoxy groups -OCH3 is 1. The fourth-order valence-electron chi connectivity index (χ4n) is 1.57. The van der Waals surface area contributed by atoms with Crippen molar-refractivity contribution < 1.29 is 4.74 Å². The zero-order chi connectivity index (χ0) is 7.40. The lowest BCUT2D eigenvalue weighted by atomic mass is 10.0. The molecule has 0 amide bonds. The summed E-state index contributed by atoms with van der Waals surface area (Å²) >= 11 is 0. The average Bonchev–Trinajstić information content (AvgIpc) is 1.88. The monoisotopic (exact) mass is 143 g/mol. The summed E-state index contributed by atoms with van der Waals surface area (Å²) in [7, 11) is 1.76. The van der Waals surface area contributed by atoms with Crippen molar-refractivity contribution in [3.63, 3.8) is 0 Å². The summed E-state index contributed by atoms with van der Waals surface area (Å²) in [5, 5.41) is 3.49. The number of ether oxygens (including phenoxy) is 1. The number of nitrogens with one attached hydrogen (secondary N) is 1. The summed E-state index contributed by atoms with van der Waals surface area (Å²) in [6.07, 6.45) is 3.95. The van der Waals surface area contributed by atoms with Gasteiger partial charge < -0.3 is 10.1 Å². The largest absolute Gasteiger partial charge is 0.383 e. The molecule has 0 aromatic heterocycles. The first-order valence-electron chi connectivity index (χ1n) is 4.08. The minimum absolute atomic E-state index is 0.605. The third kappa shape index (κ3) is 2.27. The van der Waals surface area contributed by atoms with Crippen LogP contribution in [-0.2, 0) is 4.74 Å². The van der Waals surface area contributed by atoms with Crippen LogP contribution in [0.15, 0.2) is 0 Å². The molecule has 10 heavy (non-hydrogen) atoms. The first-order chi connectivity index (χ1) is 4.83. The van der Waals surface area contributed by atoms with E-state index in [1.54, 1.807) is 7.11 Å². The Morgan fingerprint density at radius 2 is 2.30 bits per heavy atom. The van der Waals surface area contributed by atoms with Gasteiger partial charge in [0.05, 0.1) is 6.61 Å². The van der Waals surface area contributed by atoms with E-state index in [0.717, 1.165) is 6.61 Å². The molecule has 1 heterocycles. The molecule has 0 aromatic rings. The second-order valence-corrected chi connectivity index (χ2v) is 3.15. The van der Waals surface area contributed by atoms with Crippen LogP contribution in [0.4, 0.5) is 0 Å². The van der Waals surface area contributed by atoms with Gasteiger partial charge in [-0.15, -0.1) is 0 Å². The molecule has 60 valence electrons. The van der Waals surface area contributed by atoms with E-state index < -0.39 is 0 Å². The highest BCUT2D eigenvalue weighted by Crippen LogP contribution is 2.11. The van der Waals surface area contributed by atoms with E-state index in [2.05, 4.69) is 12.2 Å². The zero-order valence-corrected chi connectivity index (χ0v) is 6.89. The molecule has 2 heteroatoms. The summed E-state index contributed by atoms with van der Waals surface area (Å²) in [4.78, 5) is 0. The van der Waals surface area contributed by atoms with Gasteiger partial charge in [-0.3, -0.25) is 0 Å². The van der Waals surface area contributed by atoms with Crippen molar-refractivity contribution >= 4 is 0 Å². The Bertz CT molecular complexity index is 93.3. The van der Waals surface area contributed by atoms with Gasteiger partial charge in [0.25, 0.3) is 0 Å². The van der Waals surface area contributed by atoms with Crippen LogP contribution in [0.1, 0.15) is 26.2 Å². The molecule has 0 radical (unpaired) electrons. The van der Waals surface area contributed by atoms with E-state index in [1.165, 1.54) is 19.3 Å². The maximum absolute atomic E-state index is 5.07. The second-order valence-electron chi connectivity index (χ2n) is 3.15. The predicted octanol–water partition coefficient (Wildman–Crippen LogP) is 1.16. The number of rotatable bonds is 2. The van der Waals surface area contributed by atoms with Crippen LogP contribution in [-0.4, -0.2) is 25.8 Å². The van der Waals surface area contributed by atoms with Crippen LogP contribution in [0, 0.1) is 0 Å². The first-order valence-corrected chi connectivity index (χ1v) is 4.08. The fourth-order valence-corrected chi connectivity index (χ4v) is 1.57. The minimum Gasteiger partial charge on any atom is -0.383 e. The molecule has 2 unspecified atom stereocenters. The lowest BCUT2D eigenvalue weighted by Crippen LogP contribution is -2.42. The summed E-state index contributed by atoms with van der Waals surface area (Å²) < 4.78 is 5.07. The second kappa shape index (κ2) is 3.94. The molecule has 1 fully saturated rings. The average molecular weight is 143 g/mol. The van der Waals surface area contributed by atoms with Gasteiger partial charge in [-0.25, -0.2) is 0 Å². The highest BCUT2D eigenvalue weighted by Gasteiger charge is 2.16. The lowest BCUT2D eigenvalue weighted by Gasteiger charge is -2.27. The topological polar surface area (TPSA) is 21.3 Å². The predicted molar refractivity (Wildman–Crippen MR) is 42.1 cm³/mol. The Hall–Kier alpha value is -0.0800. The van der Waals surface area contributed by atoms with E-state index in [1.807, 2.05) is 0 Å².